The van der Waals surface area contributed by atoms with Crippen molar-refractivity contribution in [2.45, 2.75) is 96.2 Å². The SMILES string of the molecule is NC(=NCC1CCCCC1)NC(N)=NCC1CCCC(CNC(N)NC(N)=NCC2CCCCC2)C1. The van der Waals surface area contributed by atoms with E-state index in [0.29, 0.717) is 48.1 Å². The second kappa shape index (κ2) is 15.9. The lowest BCUT2D eigenvalue weighted by Gasteiger charge is -2.29. The molecule has 206 valence electrons. The summed E-state index contributed by atoms with van der Waals surface area (Å²) in [5.74, 6) is 3.55. The van der Waals surface area contributed by atoms with Crippen molar-refractivity contribution in [1.82, 2.24) is 16.0 Å². The van der Waals surface area contributed by atoms with Crippen LogP contribution in [-0.2, 0) is 0 Å². The second-order valence-corrected chi connectivity index (χ2v) is 11.2. The zero-order chi connectivity index (χ0) is 25.6. The summed E-state index contributed by atoms with van der Waals surface area (Å²) in [4.78, 5) is 13.5. The molecule has 10 nitrogen and oxygen atoms in total. The van der Waals surface area contributed by atoms with E-state index in [4.69, 9.17) is 22.9 Å². The number of rotatable bonds is 10. The number of nitrogens with zero attached hydrogens (tertiary/aromatic N) is 3. The molecular formula is C26H52N10. The van der Waals surface area contributed by atoms with Crippen LogP contribution in [0.3, 0.4) is 0 Å². The summed E-state index contributed by atoms with van der Waals surface area (Å²) < 4.78 is 0. The Morgan fingerprint density at radius 1 is 0.611 bits per heavy atom. The van der Waals surface area contributed by atoms with E-state index in [2.05, 4.69) is 30.9 Å². The molecule has 0 saturated heterocycles. The van der Waals surface area contributed by atoms with E-state index in [1.165, 1.54) is 83.5 Å². The molecule has 0 bridgehead atoms. The molecule has 0 aromatic carbocycles. The Labute approximate surface area is 218 Å². The Bertz CT molecular complexity index is 710. The summed E-state index contributed by atoms with van der Waals surface area (Å²) in [5.41, 5.74) is 24.3. The van der Waals surface area contributed by atoms with Gasteiger partial charge in [-0.15, -0.1) is 0 Å². The average Bonchev–Trinajstić information content (AvgIpc) is 2.90. The molecule has 0 amide bonds. The van der Waals surface area contributed by atoms with Gasteiger partial charge in [-0.3, -0.25) is 31.3 Å². The summed E-state index contributed by atoms with van der Waals surface area (Å²) in [5, 5.41) is 9.41. The molecule has 3 atom stereocenters. The van der Waals surface area contributed by atoms with Crippen LogP contribution in [0.4, 0.5) is 0 Å². The lowest BCUT2D eigenvalue weighted by atomic mass is 9.81. The first kappa shape index (κ1) is 28.5. The maximum absolute atomic E-state index is 6.20. The standard InChI is InChI=1S/C26H52N10/c27-23(31-15-19-8-3-1-4-9-19)35-25(29)33-17-21-12-7-13-22(14-21)18-34-26(30)36-24(28)32-16-20-10-5-2-6-11-20/h19-22,25,33H,1-18,29H2,(H3,27,31,35)(H5,28,30,32,34,36). The van der Waals surface area contributed by atoms with E-state index < -0.39 is 6.29 Å². The van der Waals surface area contributed by atoms with Crippen LogP contribution in [0.1, 0.15) is 89.9 Å². The lowest BCUT2D eigenvalue weighted by molar-refractivity contribution is 0.256. The van der Waals surface area contributed by atoms with E-state index >= 15 is 0 Å². The number of guanidine groups is 3. The van der Waals surface area contributed by atoms with Crippen LogP contribution in [0.25, 0.3) is 0 Å². The topological polar surface area (TPSA) is 177 Å². The molecule has 0 aliphatic heterocycles. The smallest absolute Gasteiger partial charge is 0.195 e. The first-order chi connectivity index (χ1) is 17.5. The van der Waals surface area contributed by atoms with Crippen molar-refractivity contribution in [2.24, 2.45) is 61.6 Å². The fraction of sp³-hybridized carbons (Fsp3) is 0.885. The van der Waals surface area contributed by atoms with Gasteiger partial charge in [0.25, 0.3) is 0 Å². The van der Waals surface area contributed by atoms with E-state index in [1.54, 1.807) is 0 Å². The Kier molecular flexibility index (Phi) is 12.6. The van der Waals surface area contributed by atoms with Crippen molar-refractivity contribution >= 4 is 17.9 Å². The molecule has 3 aliphatic carbocycles. The molecule has 0 radical (unpaired) electrons. The van der Waals surface area contributed by atoms with Gasteiger partial charge in [0.1, 0.15) is 6.29 Å². The maximum Gasteiger partial charge on any atom is 0.195 e. The highest BCUT2D eigenvalue weighted by atomic mass is 15.3. The third-order valence-corrected chi connectivity index (χ3v) is 8.09. The molecule has 0 aromatic rings. The monoisotopic (exact) mass is 504 g/mol. The molecule has 0 spiro atoms. The Morgan fingerprint density at radius 2 is 1.08 bits per heavy atom. The summed E-state index contributed by atoms with van der Waals surface area (Å²) in [6.45, 7) is 3.12. The highest BCUT2D eigenvalue weighted by Crippen LogP contribution is 2.29. The van der Waals surface area contributed by atoms with Crippen molar-refractivity contribution in [3.05, 3.63) is 0 Å². The van der Waals surface area contributed by atoms with Gasteiger partial charge in [0.15, 0.2) is 17.9 Å². The molecule has 3 fully saturated rings. The number of nitrogens with two attached hydrogens (primary N) is 4. The molecule has 3 aliphatic rings. The minimum atomic E-state index is -0.394. The molecule has 10 heteroatoms. The van der Waals surface area contributed by atoms with Gasteiger partial charge in [0, 0.05) is 26.2 Å². The predicted octanol–water partition coefficient (Wildman–Crippen LogP) is 1.91. The van der Waals surface area contributed by atoms with Crippen LogP contribution in [0.5, 0.6) is 0 Å². The Balaban J connectivity index is 1.31. The van der Waals surface area contributed by atoms with Gasteiger partial charge in [-0.25, -0.2) is 0 Å². The van der Waals surface area contributed by atoms with Gasteiger partial charge in [-0.2, -0.15) is 0 Å². The van der Waals surface area contributed by atoms with Crippen molar-refractivity contribution < 1.29 is 0 Å². The molecule has 3 unspecified atom stereocenters. The van der Waals surface area contributed by atoms with Gasteiger partial charge in [0.2, 0.25) is 0 Å². The minimum absolute atomic E-state index is 0.356. The van der Waals surface area contributed by atoms with E-state index in [0.717, 1.165) is 26.1 Å². The van der Waals surface area contributed by atoms with Gasteiger partial charge < -0.3 is 22.5 Å². The molecule has 0 aromatic heterocycles. The van der Waals surface area contributed by atoms with Crippen LogP contribution in [-0.4, -0.2) is 50.3 Å². The van der Waals surface area contributed by atoms with Crippen molar-refractivity contribution in [2.75, 3.05) is 26.2 Å². The molecule has 3 rings (SSSR count). The number of nitrogens with one attached hydrogen (secondary N) is 3. The minimum Gasteiger partial charge on any atom is -0.370 e. The van der Waals surface area contributed by atoms with Crippen LogP contribution in [0.2, 0.25) is 0 Å². The zero-order valence-electron chi connectivity index (χ0n) is 22.3. The van der Waals surface area contributed by atoms with Crippen LogP contribution >= 0.6 is 0 Å². The van der Waals surface area contributed by atoms with Crippen molar-refractivity contribution in [3.63, 3.8) is 0 Å². The number of hydrogen-bond acceptors (Lipinski definition) is 5. The van der Waals surface area contributed by atoms with Crippen LogP contribution in [0, 0.1) is 23.7 Å². The van der Waals surface area contributed by atoms with Gasteiger partial charge in [0.05, 0.1) is 0 Å². The van der Waals surface area contributed by atoms with E-state index in [1.807, 2.05) is 0 Å². The summed E-state index contributed by atoms with van der Waals surface area (Å²) >= 11 is 0. The summed E-state index contributed by atoms with van der Waals surface area (Å²) in [6, 6.07) is 0. The number of hydrogen-bond donors (Lipinski definition) is 7. The quantitative estimate of drug-likeness (QED) is 0.135. The molecular weight excluding hydrogens is 452 g/mol. The van der Waals surface area contributed by atoms with Gasteiger partial charge in [-0.1, -0.05) is 44.9 Å². The maximum atomic E-state index is 6.20. The van der Waals surface area contributed by atoms with Crippen molar-refractivity contribution in [3.8, 4) is 0 Å². The zero-order valence-corrected chi connectivity index (χ0v) is 22.3. The normalized spacial score (nSPS) is 26.5. The largest absolute Gasteiger partial charge is 0.370 e. The predicted molar refractivity (Wildman–Crippen MR) is 150 cm³/mol. The highest BCUT2D eigenvalue weighted by molar-refractivity contribution is 5.97. The highest BCUT2D eigenvalue weighted by Gasteiger charge is 2.22. The summed E-state index contributed by atoms with van der Waals surface area (Å²) in [6.07, 6.45) is 17.2. The Morgan fingerprint density at radius 3 is 1.67 bits per heavy atom. The Hall–Kier alpha value is -2.07. The molecule has 0 heterocycles. The fourth-order valence-electron chi connectivity index (χ4n) is 5.94. The first-order valence-electron chi connectivity index (χ1n) is 14.4. The molecule has 11 N–H and O–H groups in total. The third-order valence-electron chi connectivity index (χ3n) is 8.09. The van der Waals surface area contributed by atoms with E-state index in [-0.39, 0.29) is 0 Å². The molecule has 36 heavy (non-hydrogen) atoms. The molecule has 3 saturated carbocycles. The average molecular weight is 505 g/mol. The van der Waals surface area contributed by atoms with Crippen molar-refractivity contribution in [1.29, 1.82) is 0 Å². The fourth-order valence-corrected chi connectivity index (χ4v) is 5.94. The van der Waals surface area contributed by atoms with Gasteiger partial charge >= 0.3 is 0 Å². The van der Waals surface area contributed by atoms with E-state index in [9.17, 15) is 0 Å². The van der Waals surface area contributed by atoms with Crippen LogP contribution < -0.4 is 38.9 Å². The summed E-state index contributed by atoms with van der Waals surface area (Å²) in [7, 11) is 0. The second-order valence-electron chi connectivity index (χ2n) is 11.2. The lowest BCUT2D eigenvalue weighted by Crippen LogP contribution is -2.55. The first-order valence-corrected chi connectivity index (χ1v) is 14.4. The van der Waals surface area contributed by atoms with Gasteiger partial charge in [-0.05, 0) is 68.6 Å². The van der Waals surface area contributed by atoms with Crippen LogP contribution in [0.15, 0.2) is 15.0 Å². The third kappa shape index (κ3) is 11.3. The number of aliphatic imine (C=N–C) groups is 3.